The fourth-order valence-electron chi connectivity index (χ4n) is 2.92. The topological polar surface area (TPSA) is 97.1 Å². The van der Waals surface area contributed by atoms with Crippen LogP contribution in [0.25, 0.3) is 10.2 Å². The van der Waals surface area contributed by atoms with Crippen LogP contribution in [-0.4, -0.2) is 28.0 Å². The van der Waals surface area contributed by atoms with E-state index in [0.29, 0.717) is 12.1 Å². The summed E-state index contributed by atoms with van der Waals surface area (Å²) in [6.07, 6.45) is 0.386. The molecule has 7 nitrogen and oxygen atoms in total. The number of aryl methyl sites for hydroxylation is 2. The van der Waals surface area contributed by atoms with E-state index in [-0.39, 0.29) is 11.8 Å². The first-order valence-corrected chi connectivity index (χ1v) is 11.2. The number of rotatable bonds is 8. The van der Waals surface area contributed by atoms with E-state index >= 15 is 0 Å². The van der Waals surface area contributed by atoms with E-state index < -0.39 is 6.04 Å². The number of fused-ring (bicyclic) bond motifs is 1. The molecule has 9 heteroatoms. The highest BCUT2D eigenvalue weighted by Crippen LogP contribution is 2.34. The zero-order chi connectivity index (χ0) is 21.8. The van der Waals surface area contributed by atoms with Crippen molar-refractivity contribution in [2.75, 3.05) is 5.32 Å². The molecule has 30 heavy (non-hydrogen) atoms. The maximum absolute atomic E-state index is 12.6. The summed E-state index contributed by atoms with van der Waals surface area (Å²) in [6.45, 7) is 10.9. The monoisotopic (exact) mass is 444 g/mol. The Labute approximate surface area is 183 Å². The second-order valence-corrected chi connectivity index (χ2v) is 9.41. The van der Waals surface area contributed by atoms with Crippen LogP contribution in [0.2, 0.25) is 0 Å². The van der Waals surface area contributed by atoms with Gasteiger partial charge in [-0.15, -0.1) is 17.9 Å². The number of amides is 2. The third-order valence-corrected chi connectivity index (χ3v) is 6.59. The summed E-state index contributed by atoms with van der Waals surface area (Å²) >= 11 is 3.20. The van der Waals surface area contributed by atoms with Gasteiger partial charge in [0.15, 0.2) is 4.34 Å². The van der Waals surface area contributed by atoms with Gasteiger partial charge in [-0.2, -0.15) is 0 Å². The lowest BCUT2D eigenvalue weighted by molar-refractivity contribution is -0.125. The van der Waals surface area contributed by atoms with Crippen LogP contribution >= 0.6 is 23.1 Å². The second-order valence-electron chi connectivity index (χ2n) is 7.16. The molecule has 1 atom stereocenters. The standard InChI is InChI=1S/C21H24N4O3S2/c1-11(2)8-18(22-14(5)26)20(27)23-15-6-7-17-19(9-15)30-21(24-17)29-10-16-12(3)25-28-13(16)4/h6-7,9,18H,1,8,10H2,2-5H3,(H,22,26)(H,23,27). The Bertz CT molecular complexity index is 1070. The van der Waals surface area contributed by atoms with E-state index in [9.17, 15) is 9.59 Å². The van der Waals surface area contributed by atoms with Gasteiger partial charge in [0.1, 0.15) is 11.8 Å². The van der Waals surface area contributed by atoms with Gasteiger partial charge in [0.05, 0.1) is 15.9 Å². The number of hydrogen-bond acceptors (Lipinski definition) is 7. The molecular formula is C21H24N4O3S2. The molecule has 0 spiro atoms. The highest BCUT2D eigenvalue weighted by atomic mass is 32.2. The third kappa shape index (κ3) is 5.48. The number of carbonyl (C=O) groups is 2. The molecule has 0 bridgehead atoms. The molecule has 0 aliphatic rings. The molecule has 2 amide bonds. The van der Waals surface area contributed by atoms with Crippen molar-refractivity contribution < 1.29 is 14.1 Å². The predicted octanol–water partition coefficient (Wildman–Crippen LogP) is 4.60. The minimum atomic E-state index is -0.654. The quantitative estimate of drug-likeness (QED) is 0.389. The molecule has 0 saturated heterocycles. The normalized spacial score (nSPS) is 12.0. The van der Waals surface area contributed by atoms with Gasteiger partial charge in [-0.05, 0) is 45.4 Å². The molecule has 3 aromatic rings. The van der Waals surface area contributed by atoms with E-state index in [2.05, 4.69) is 27.4 Å². The number of thioether (sulfide) groups is 1. The van der Waals surface area contributed by atoms with Crippen molar-refractivity contribution >= 4 is 50.8 Å². The van der Waals surface area contributed by atoms with Crippen molar-refractivity contribution in [1.82, 2.24) is 15.5 Å². The van der Waals surface area contributed by atoms with Crippen molar-refractivity contribution in [2.45, 2.75) is 50.3 Å². The summed E-state index contributed by atoms with van der Waals surface area (Å²) in [5.41, 5.74) is 4.35. The number of carbonyl (C=O) groups excluding carboxylic acids is 2. The summed E-state index contributed by atoms with van der Waals surface area (Å²) < 4.78 is 7.12. The van der Waals surface area contributed by atoms with Crippen LogP contribution in [0.5, 0.6) is 0 Å². The lowest BCUT2D eigenvalue weighted by Gasteiger charge is -2.17. The van der Waals surface area contributed by atoms with Gasteiger partial charge in [-0.3, -0.25) is 9.59 Å². The molecule has 1 unspecified atom stereocenters. The SMILES string of the molecule is C=C(C)CC(NC(C)=O)C(=O)Nc1ccc2nc(SCc3c(C)noc3C)sc2c1. The first-order chi connectivity index (χ1) is 14.2. The summed E-state index contributed by atoms with van der Waals surface area (Å²) in [5.74, 6) is 1.04. The molecule has 0 aliphatic heterocycles. The van der Waals surface area contributed by atoms with Crippen LogP contribution in [0.3, 0.4) is 0 Å². The van der Waals surface area contributed by atoms with E-state index in [0.717, 1.165) is 42.9 Å². The molecule has 0 radical (unpaired) electrons. The van der Waals surface area contributed by atoms with Crippen LogP contribution in [0.4, 0.5) is 5.69 Å². The summed E-state index contributed by atoms with van der Waals surface area (Å²) in [4.78, 5) is 28.7. The molecule has 0 saturated carbocycles. The molecule has 2 N–H and O–H groups in total. The van der Waals surface area contributed by atoms with Gasteiger partial charge < -0.3 is 15.2 Å². The Morgan fingerprint density at radius 3 is 2.70 bits per heavy atom. The largest absolute Gasteiger partial charge is 0.361 e. The van der Waals surface area contributed by atoms with E-state index in [1.807, 2.05) is 39.0 Å². The number of benzene rings is 1. The Kier molecular flexibility index (Phi) is 6.94. The maximum Gasteiger partial charge on any atom is 0.247 e. The first-order valence-electron chi connectivity index (χ1n) is 9.40. The Morgan fingerprint density at radius 2 is 2.07 bits per heavy atom. The van der Waals surface area contributed by atoms with Crippen LogP contribution in [0.15, 0.2) is 39.2 Å². The smallest absolute Gasteiger partial charge is 0.247 e. The number of nitrogens with zero attached hydrogens (tertiary/aromatic N) is 2. The molecule has 3 rings (SSSR count). The van der Waals surface area contributed by atoms with Crippen molar-refractivity contribution in [2.24, 2.45) is 0 Å². The van der Waals surface area contributed by atoms with Gasteiger partial charge in [0, 0.05) is 23.9 Å². The highest BCUT2D eigenvalue weighted by molar-refractivity contribution is 8.00. The highest BCUT2D eigenvalue weighted by Gasteiger charge is 2.20. The van der Waals surface area contributed by atoms with E-state index in [1.54, 1.807) is 23.1 Å². The van der Waals surface area contributed by atoms with Gasteiger partial charge in [-0.1, -0.05) is 22.5 Å². The molecule has 1 aromatic carbocycles. The molecule has 2 heterocycles. The lowest BCUT2D eigenvalue weighted by Crippen LogP contribution is -2.43. The minimum Gasteiger partial charge on any atom is -0.361 e. The Morgan fingerprint density at radius 1 is 1.30 bits per heavy atom. The van der Waals surface area contributed by atoms with E-state index in [4.69, 9.17) is 4.52 Å². The predicted molar refractivity (Wildman–Crippen MR) is 121 cm³/mol. The third-order valence-electron chi connectivity index (χ3n) is 4.40. The second kappa shape index (κ2) is 9.44. The number of hydrogen-bond donors (Lipinski definition) is 2. The van der Waals surface area contributed by atoms with Crippen LogP contribution in [0.1, 0.15) is 37.3 Å². The van der Waals surface area contributed by atoms with Gasteiger partial charge in [0.2, 0.25) is 11.8 Å². The first kappa shape index (κ1) is 22.0. The average molecular weight is 445 g/mol. The van der Waals surface area contributed by atoms with Gasteiger partial charge >= 0.3 is 0 Å². The van der Waals surface area contributed by atoms with Crippen molar-refractivity contribution in [1.29, 1.82) is 0 Å². The Balaban J connectivity index is 1.71. The number of anilines is 1. The lowest BCUT2D eigenvalue weighted by atomic mass is 10.1. The number of thiazole rings is 1. The van der Waals surface area contributed by atoms with Crippen LogP contribution in [0, 0.1) is 13.8 Å². The maximum atomic E-state index is 12.6. The number of nitrogens with one attached hydrogen (secondary N) is 2. The average Bonchev–Trinajstić information content (AvgIpc) is 3.21. The Hall–Kier alpha value is -2.65. The van der Waals surface area contributed by atoms with Gasteiger partial charge in [-0.25, -0.2) is 4.98 Å². The molecule has 0 aliphatic carbocycles. The van der Waals surface area contributed by atoms with Crippen LogP contribution in [-0.2, 0) is 15.3 Å². The zero-order valence-corrected chi connectivity index (χ0v) is 19.0. The molecule has 0 fully saturated rings. The van der Waals surface area contributed by atoms with Crippen molar-refractivity contribution in [3.05, 3.63) is 47.4 Å². The molecule has 2 aromatic heterocycles. The van der Waals surface area contributed by atoms with Crippen LogP contribution < -0.4 is 10.6 Å². The summed E-state index contributed by atoms with van der Waals surface area (Å²) in [7, 11) is 0. The number of aromatic nitrogens is 2. The fraction of sp³-hybridized carbons (Fsp3) is 0.333. The minimum absolute atomic E-state index is 0.255. The summed E-state index contributed by atoms with van der Waals surface area (Å²) in [6, 6.07) is 4.94. The van der Waals surface area contributed by atoms with Crippen molar-refractivity contribution in [3.8, 4) is 0 Å². The van der Waals surface area contributed by atoms with Gasteiger partial charge in [0.25, 0.3) is 0 Å². The summed E-state index contributed by atoms with van der Waals surface area (Å²) in [5, 5.41) is 9.54. The molecular weight excluding hydrogens is 420 g/mol. The van der Waals surface area contributed by atoms with E-state index in [1.165, 1.54) is 6.92 Å². The fourth-order valence-corrected chi connectivity index (χ4v) is 5.18. The van der Waals surface area contributed by atoms with Crippen molar-refractivity contribution in [3.63, 3.8) is 0 Å². The molecule has 158 valence electrons. The zero-order valence-electron chi connectivity index (χ0n) is 17.4.